The molecular weight excluding hydrogens is 276 g/mol. The second-order valence-corrected chi connectivity index (χ2v) is 5.37. The molecule has 3 rings (SSSR count). The number of fused-ring (bicyclic) bond motifs is 1. The molecule has 0 unspecified atom stereocenters. The summed E-state index contributed by atoms with van der Waals surface area (Å²) in [7, 11) is 0. The van der Waals surface area contributed by atoms with Gasteiger partial charge in [0.2, 0.25) is 0 Å². The fraction of sp³-hybridized carbons (Fsp3) is 0.111. The van der Waals surface area contributed by atoms with Crippen molar-refractivity contribution in [3.63, 3.8) is 0 Å². The molecule has 0 saturated heterocycles. The molecule has 4 heteroatoms. The number of aryl methyl sites for hydroxylation is 2. The molecule has 0 bridgehead atoms. The van der Waals surface area contributed by atoms with E-state index in [-0.39, 0.29) is 5.69 Å². The van der Waals surface area contributed by atoms with E-state index < -0.39 is 5.97 Å². The van der Waals surface area contributed by atoms with Crippen LogP contribution in [0.2, 0.25) is 0 Å². The van der Waals surface area contributed by atoms with Crippen molar-refractivity contribution in [2.45, 2.75) is 13.8 Å². The third-order valence-corrected chi connectivity index (χ3v) is 3.51. The standard InChI is InChI=1S/C18H16N2O2/c1-11-3-6-13(7-4-11)19-16-10-17(18(21)22)20-15-8-5-12(2)9-14(15)16/h3-10H,1-2H3,(H,19,20)(H,21,22). The average Bonchev–Trinajstić information content (AvgIpc) is 2.49. The van der Waals surface area contributed by atoms with Crippen molar-refractivity contribution < 1.29 is 9.90 Å². The first-order chi connectivity index (χ1) is 10.5. The third kappa shape index (κ3) is 2.76. The predicted octanol–water partition coefficient (Wildman–Crippen LogP) is 4.29. The lowest BCUT2D eigenvalue weighted by Crippen LogP contribution is -2.03. The SMILES string of the molecule is Cc1ccc(Nc2cc(C(=O)O)nc3ccc(C)cc23)cc1. The fourth-order valence-electron chi connectivity index (χ4n) is 2.34. The van der Waals surface area contributed by atoms with Gasteiger partial charge in [-0.1, -0.05) is 29.3 Å². The van der Waals surface area contributed by atoms with Gasteiger partial charge in [0.25, 0.3) is 0 Å². The number of hydrogen-bond acceptors (Lipinski definition) is 3. The molecule has 2 N–H and O–H groups in total. The van der Waals surface area contributed by atoms with Gasteiger partial charge in [-0.3, -0.25) is 0 Å². The Bertz CT molecular complexity index is 855. The molecule has 0 saturated carbocycles. The van der Waals surface area contributed by atoms with E-state index in [9.17, 15) is 9.90 Å². The number of anilines is 2. The number of aromatic nitrogens is 1. The Labute approximate surface area is 128 Å². The monoisotopic (exact) mass is 292 g/mol. The van der Waals surface area contributed by atoms with Crippen molar-refractivity contribution in [2.24, 2.45) is 0 Å². The van der Waals surface area contributed by atoms with Crippen LogP contribution in [0, 0.1) is 13.8 Å². The molecule has 4 nitrogen and oxygen atoms in total. The summed E-state index contributed by atoms with van der Waals surface area (Å²) in [5, 5.41) is 13.4. The van der Waals surface area contributed by atoms with Gasteiger partial charge in [0.1, 0.15) is 0 Å². The Hall–Kier alpha value is -2.88. The minimum Gasteiger partial charge on any atom is -0.477 e. The van der Waals surface area contributed by atoms with Crippen LogP contribution < -0.4 is 5.32 Å². The fourth-order valence-corrected chi connectivity index (χ4v) is 2.34. The van der Waals surface area contributed by atoms with E-state index >= 15 is 0 Å². The lowest BCUT2D eigenvalue weighted by molar-refractivity contribution is 0.0691. The zero-order valence-corrected chi connectivity index (χ0v) is 12.4. The predicted molar refractivity (Wildman–Crippen MR) is 87.9 cm³/mol. The van der Waals surface area contributed by atoms with Crippen molar-refractivity contribution in [2.75, 3.05) is 5.32 Å². The highest BCUT2D eigenvalue weighted by Crippen LogP contribution is 2.27. The number of pyridine rings is 1. The van der Waals surface area contributed by atoms with Crippen molar-refractivity contribution in [1.82, 2.24) is 4.98 Å². The molecule has 0 radical (unpaired) electrons. The van der Waals surface area contributed by atoms with E-state index in [1.165, 1.54) is 5.56 Å². The first-order valence-corrected chi connectivity index (χ1v) is 7.01. The van der Waals surface area contributed by atoms with Crippen LogP contribution in [-0.4, -0.2) is 16.1 Å². The molecule has 3 aromatic rings. The van der Waals surface area contributed by atoms with Crippen LogP contribution in [0.4, 0.5) is 11.4 Å². The molecule has 0 atom stereocenters. The number of aromatic carboxylic acids is 1. The van der Waals surface area contributed by atoms with Gasteiger partial charge in [-0.15, -0.1) is 0 Å². The lowest BCUT2D eigenvalue weighted by Gasteiger charge is -2.11. The van der Waals surface area contributed by atoms with Crippen LogP contribution in [0.25, 0.3) is 10.9 Å². The number of carboxylic acids is 1. The summed E-state index contributed by atoms with van der Waals surface area (Å²) in [6.07, 6.45) is 0. The number of benzene rings is 2. The maximum atomic E-state index is 11.3. The quantitative estimate of drug-likeness (QED) is 0.755. The van der Waals surface area contributed by atoms with Gasteiger partial charge in [0.05, 0.1) is 11.2 Å². The summed E-state index contributed by atoms with van der Waals surface area (Å²) in [5.74, 6) is -1.03. The van der Waals surface area contributed by atoms with E-state index in [2.05, 4.69) is 10.3 Å². The van der Waals surface area contributed by atoms with Gasteiger partial charge < -0.3 is 10.4 Å². The molecule has 1 aromatic heterocycles. The van der Waals surface area contributed by atoms with Crippen molar-refractivity contribution in [1.29, 1.82) is 0 Å². The minimum absolute atomic E-state index is 0.0333. The van der Waals surface area contributed by atoms with Crippen LogP contribution in [0.15, 0.2) is 48.5 Å². The van der Waals surface area contributed by atoms with E-state index in [0.29, 0.717) is 5.52 Å². The molecule has 2 aromatic carbocycles. The molecule has 0 spiro atoms. The Morgan fingerprint density at radius 1 is 1.00 bits per heavy atom. The van der Waals surface area contributed by atoms with E-state index in [1.807, 2.05) is 56.3 Å². The summed E-state index contributed by atoms with van der Waals surface area (Å²) in [6, 6.07) is 15.3. The summed E-state index contributed by atoms with van der Waals surface area (Å²) >= 11 is 0. The molecule has 0 amide bonds. The molecule has 0 aliphatic heterocycles. The second kappa shape index (κ2) is 5.48. The number of nitrogens with zero attached hydrogens (tertiary/aromatic N) is 1. The van der Waals surface area contributed by atoms with Gasteiger partial charge in [-0.2, -0.15) is 0 Å². The Kier molecular flexibility index (Phi) is 3.51. The summed E-state index contributed by atoms with van der Waals surface area (Å²) in [5.41, 5.74) is 4.63. The highest BCUT2D eigenvalue weighted by molar-refractivity contribution is 5.98. The van der Waals surface area contributed by atoms with Crippen LogP contribution in [0.1, 0.15) is 21.6 Å². The smallest absolute Gasteiger partial charge is 0.354 e. The second-order valence-electron chi connectivity index (χ2n) is 5.37. The molecule has 0 aliphatic carbocycles. The lowest BCUT2D eigenvalue weighted by atomic mass is 10.1. The van der Waals surface area contributed by atoms with Crippen LogP contribution in [0.3, 0.4) is 0 Å². The number of hydrogen-bond donors (Lipinski definition) is 2. The molecule has 110 valence electrons. The normalized spacial score (nSPS) is 10.6. The van der Waals surface area contributed by atoms with Gasteiger partial charge in [-0.25, -0.2) is 9.78 Å². The topological polar surface area (TPSA) is 62.2 Å². The number of rotatable bonds is 3. The number of nitrogens with one attached hydrogen (secondary N) is 1. The van der Waals surface area contributed by atoms with E-state index in [1.54, 1.807) is 6.07 Å². The number of carboxylic acid groups (broad SMARTS) is 1. The van der Waals surface area contributed by atoms with Gasteiger partial charge in [0, 0.05) is 11.1 Å². The van der Waals surface area contributed by atoms with Crippen LogP contribution in [0.5, 0.6) is 0 Å². The molecule has 0 fully saturated rings. The van der Waals surface area contributed by atoms with Gasteiger partial charge in [0.15, 0.2) is 5.69 Å². The zero-order valence-electron chi connectivity index (χ0n) is 12.4. The maximum absolute atomic E-state index is 11.3. The first kappa shape index (κ1) is 14.1. The Balaban J connectivity index is 2.14. The summed E-state index contributed by atoms with van der Waals surface area (Å²) < 4.78 is 0. The van der Waals surface area contributed by atoms with E-state index in [0.717, 1.165) is 22.3 Å². The first-order valence-electron chi connectivity index (χ1n) is 7.01. The summed E-state index contributed by atoms with van der Waals surface area (Å²) in [6.45, 7) is 4.03. The molecule has 1 heterocycles. The highest BCUT2D eigenvalue weighted by Gasteiger charge is 2.11. The average molecular weight is 292 g/mol. The Morgan fingerprint density at radius 2 is 1.68 bits per heavy atom. The molecule has 0 aliphatic rings. The Morgan fingerprint density at radius 3 is 2.36 bits per heavy atom. The maximum Gasteiger partial charge on any atom is 0.354 e. The zero-order chi connectivity index (χ0) is 15.7. The van der Waals surface area contributed by atoms with E-state index in [4.69, 9.17) is 0 Å². The molecular formula is C18H16N2O2. The van der Waals surface area contributed by atoms with Crippen LogP contribution >= 0.6 is 0 Å². The summed E-state index contributed by atoms with van der Waals surface area (Å²) in [4.78, 5) is 15.5. The third-order valence-electron chi connectivity index (χ3n) is 3.51. The van der Waals surface area contributed by atoms with Crippen molar-refractivity contribution in [3.05, 3.63) is 65.4 Å². The molecule has 22 heavy (non-hydrogen) atoms. The number of carbonyl (C=O) groups is 1. The van der Waals surface area contributed by atoms with Crippen molar-refractivity contribution >= 4 is 28.2 Å². The van der Waals surface area contributed by atoms with Crippen molar-refractivity contribution in [3.8, 4) is 0 Å². The van der Waals surface area contributed by atoms with Crippen LogP contribution in [-0.2, 0) is 0 Å². The largest absolute Gasteiger partial charge is 0.477 e. The van der Waals surface area contributed by atoms with Gasteiger partial charge in [-0.05, 0) is 44.2 Å². The minimum atomic E-state index is -1.03. The highest BCUT2D eigenvalue weighted by atomic mass is 16.4. The van der Waals surface area contributed by atoms with Gasteiger partial charge >= 0.3 is 5.97 Å².